The first-order valence-corrected chi connectivity index (χ1v) is 5.66. The molecule has 0 atom stereocenters. The molecular weight excluding hydrogens is 265 g/mol. The van der Waals surface area contributed by atoms with Crippen molar-refractivity contribution in [2.75, 3.05) is 5.32 Å². The van der Waals surface area contributed by atoms with Gasteiger partial charge in [-0.1, -0.05) is 23.4 Å². The highest BCUT2D eigenvalue weighted by Crippen LogP contribution is 2.12. The number of oxime groups is 1. The van der Waals surface area contributed by atoms with Gasteiger partial charge in [0.2, 0.25) is 5.91 Å². The molecule has 0 spiro atoms. The molecule has 2 rings (SSSR count). The Kier molecular flexibility index (Phi) is 3.94. The Hall–Kier alpha value is -2.90. The average molecular weight is 277 g/mol. The van der Waals surface area contributed by atoms with Crippen LogP contribution in [0, 0.1) is 5.82 Å². The van der Waals surface area contributed by atoms with Gasteiger partial charge in [-0.05, 0) is 11.6 Å². The molecule has 104 valence electrons. The second kappa shape index (κ2) is 5.83. The Morgan fingerprint density at radius 3 is 2.95 bits per heavy atom. The first-order valence-electron chi connectivity index (χ1n) is 5.66. The molecule has 0 unspecified atom stereocenters. The van der Waals surface area contributed by atoms with E-state index in [0.29, 0.717) is 0 Å². The lowest BCUT2D eigenvalue weighted by Crippen LogP contribution is -2.20. The van der Waals surface area contributed by atoms with E-state index in [1.54, 1.807) is 12.1 Å². The zero-order valence-corrected chi connectivity index (χ0v) is 10.3. The normalized spacial score (nSPS) is 11.3. The molecule has 2 aromatic rings. The van der Waals surface area contributed by atoms with Crippen LogP contribution < -0.4 is 11.1 Å². The average Bonchev–Trinajstić information content (AvgIpc) is 2.88. The molecule has 0 aliphatic carbocycles. The number of amidine groups is 1. The molecule has 5 N–H and O–H groups in total. The summed E-state index contributed by atoms with van der Waals surface area (Å²) in [5, 5.41) is 20.1. The summed E-state index contributed by atoms with van der Waals surface area (Å²) in [5.41, 5.74) is 5.94. The van der Waals surface area contributed by atoms with Crippen molar-refractivity contribution >= 4 is 17.6 Å². The fourth-order valence-electron chi connectivity index (χ4n) is 1.63. The summed E-state index contributed by atoms with van der Waals surface area (Å²) in [5.74, 6) is -0.920. The number of hydrogen-bond donors (Lipinski definition) is 4. The van der Waals surface area contributed by atoms with Crippen molar-refractivity contribution in [2.24, 2.45) is 10.9 Å². The molecule has 0 aliphatic heterocycles. The van der Waals surface area contributed by atoms with Crippen molar-refractivity contribution in [2.45, 2.75) is 6.42 Å². The number of nitrogens with two attached hydrogens (primary N) is 1. The molecule has 1 aromatic heterocycles. The minimum Gasteiger partial charge on any atom is -0.409 e. The minimum atomic E-state index is -0.455. The minimum absolute atomic E-state index is 0.138. The van der Waals surface area contributed by atoms with Gasteiger partial charge in [0, 0.05) is 0 Å². The van der Waals surface area contributed by atoms with Gasteiger partial charge < -0.3 is 16.3 Å². The predicted molar refractivity (Wildman–Crippen MR) is 69.8 cm³/mol. The van der Waals surface area contributed by atoms with Gasteiger partial charge in [-0.25, -0.2) is 4.39 Å². The van der Waals surface area contributed by atoms with Gasteiger partial charge in [0.1, 0.15) is 11.6 Å². The number of aromatic nitrogens is 2. The second-order valence-corrected chi connectivity index (χ2v) is 3.96. The van der Waals surface area contributed by atoms with E-state index < -0.39 is 11.7 Å². The number of H-pyrrole nitrogens is 1. The third-order valence-corrected chi connectivity index (χ3v) is 2.60. The largest absolute Gasteiger partial charge is 0.409 e. The van der Waals surface area contributed by atoms with Crippen molar-refractivity contribution < 1.29 is 14.4 Å². The molecule has 0 radical (unpaired) electrons. The van der Waals surface area contributed by atoms with Crippen LogP contribution in [-0.4, -0.2) is 27.1 Å². The summed E-state index contributed by atoms with van der Waals surface area (Å²) in [6.45, 7) is 0. The van der Waals surface area contributed by atoms with Crippen LogP contribution in [0.4, 0.5) is 10.2 Å². The van der Waals surface area contributed by atoms with E-state index in [0.717, 1.165) is 0 Å². The van der Waals surface area contributed by atoms with Gasteiger partial charge in [0.05, 0.1) is 18.2 Å². The van der Waals surface area contributed by atoms with Crippen LogP contribution in [0.5, 0.6) is 0 Å². The monoisotopic (exact) mass is 277 g/mol. The van der Waals surface area contributed by atoms with E-state index in [9.17, 15) is 9.18 Å². The molecular formula is C12H12FN5O2. The molecule has 0 fully saturated rings. The number of anilines is 1. The summed E-state index contributed by atoms with van der Waals surface area (Å²) in [4.78, 5) is 11.8. The van der Waals surface area contributed by atoms with Crippen molar-refractivity contribution in [3.63, 3.8) is 0 Å². The van der Waals surface area contributed by atoms with E-state index >= 15 is 0 Å². The van der Waals surface area contributed by atoms with E-state index in [1.807, 2.05) is 0 Å². The van der Waals surface area contributed by atoms with Gasteiger partial charge in [-0.15, -0.1) is 0 Å². The van der Waals surface area contributed by atoms with Gasteiger partial charge >= 0.3 is 0 Å². The van der Waals surface area contributed by atoms with Crippen LogP contribution >= 0.6 is 0 Å². The molecule has 1 amide bonds. The summed E-state index contributed by atoms with van der Waals surface area (Å²) in [6, 6.07) is 5.98. The molecule has 1 heterocycles. The molecule has 0 aliphatic rings. The second-order valence-electron chi connectivity index (χ2n) is 3.96. The number of benzene rings is 1. The Morgan fingerprint density at radius 1 is 1.50 bits per heavy atom. The van der Waals surface area contributed by atoms with Crippen LogP contribution in [0.1, 0.15) is 11.1 Å². The Balaban J connectivity index is 2.10. The first-order chi connectivity index (χ1) is 9.61. The topological polar surface area (TPSA) is 116 Å². The summed E-state index contributed by atoms with van der Waals surface area (Å²) >= 11 is 0. The summed E-state index contributed by atoms with van der Waals surface area (Å²) in [6.07, 6.45) is 1.16. The van der Waals surface area contributed by atoms with Crippen molar-refractivity contribution in [3.05, 3.63) is 47.4 Å². The number of halogens is 1. The van der Waals surface area contributed by atoms with Crippen molar-refractivity contribution in [1.29, 1.82) is 0 Å². The summed E-state index contributed by atoms with van der Waals surface area (Å²) in [7, 11) is 0. The number of aromatic amines is 1. The SMILES string of the molecule is NC(=NO)c1cn[nH]c1NC(=O)Cc1ccccc1F. The number of nitrogens with zero attached hydrogens (tertiary/aromatic N) is 2. The quantitative estimate of drug-likeness (QED) is 0.286. The molecule has 1 aromatic carbocycles. The zero-order valence-electron chi connectivity index (χ0n) is 10.3. The Labute approximate surface area is 113 Å². The highest BCUT2D eigenvalue weighted by Gasteiger charge is 2.13. The number of hydrogen-bond acceptors (Lipinski definition) is 4. The number of amides is 1. The molecule has 0 bridgehead atoms. The standard InChI is InChI=1S/C12H12FN5O2/c13-9-4-2-1-3-7(9)5-10(19)16-12-8(6-15-17-12)11(14)18-20/h1-4,6,20H,5H2,(H2,14,18)(H2,15,16,17,19). The molecule has 7 nitrogen and oxygen atoms in total. The fourth-order valence-corrected chi connectivity index (χ4v) is 1.63. The predicted octanol–water partition coefficient (Wildman–Crippen LogP) is 0.825. The number of carbonyl (C=O) groups excluding carboxylic acids is 1. The van der Waals surface area contributed by atoms with E-state index in [1.165, 1.54) is 18.3 Å². The Bertz CT molecular complexity index is 653. The molecule has 8 heteroatoms. The number of rotatable bonds is 4. The van der Waals surface area contributed by atoms with E-state index in [2.05, 4.69) is 20.7 Å². The highest BCUT2D eigenvalue weighted by molar-refractivity contribution is 6.04. The van der Waals surface area contributed by atoms with Gasteiger partial charge in [0.15, 0.2) is 5.84 Å². The van der Waals surface area contributed by atoms with Crippen molar-refractivity contribution in [3.8, 4) is 0 Å². The van der Waals surface area contributed by atoms with E-state index in [4.69, 9.17) is 10.9 Å². The van der Waals surface area contributed by atoms with Crippen LogP contribution in [0.15, 0.2) is 35.6 Å². The maximum Gasteiger partial charge on any atom is 0.230 e. The third kappa shape index (κ3) is 2.91. The number of carbonyl (C=O) groups is 1. The smallest absolute Gasteiger partial charge is 0.230 e. The molecule has 0 saturated heterocycles. The first kappa shape index (κ1) is 13.5. The summed E-state index contributed by atoms with van der Waals surface area (Å²) < 4.78 is 13.4. The number of nitrogens with one attached hydrogen (secondary N) is 2. The lowest BCUT2D eigenvalue weighted by molar-refractivity contribution is -0.115. The lowest BCUT2D eigenvalue weighted by atomic mass is 10.1. The maximum atomic E-state index is 13.4. The van der Waals surface area contributed by atoms with Crippen LogP contribution in [-0.2, 0) is 11.2 Å². The van der Waals surface area contributed by atoms with Crippen LogP contribution in [0.3, 0.4) is 0 Å². The zero-order chi connectivity index (χ0) is 14.5. The fraction of sp³-hybridized carbons (Fsp3) is 0.0833. The van der Waals surface area contributed by atoms with Gasteiger partial charge in [-0.3, -0.25) is 9.89 Å². The molecule has 20 heavy (non-hydrogen) atoms. The third-order valence-electron chi connectivity index (χ3n) is 2.60. The lowest BCUT2D eigenvalue weighted by Gasteiger charge is -2.05. The van der Waals surface area contributed by atoms with Crippen LogP contribution in [0.2, 0.25) is 0 Å². The van der Waals surface area contributed by atoms with Gasteiger partial charge in [0.25, 0.3) is 0 Å². The van der Waals surface area contributed by atoms with Gasteiger partial charge in [-0.2, -0.15) is 5.10 Å². The Morgan fingerprint density at radius 2 is 2.25 bits per heavy atom. The van der Waals surface area contributed by atoms with E-state index in [-0.39, 0.29) is 29.2 Å². The molecule has 0 saturated carbocycles. The van der Waals surface area contributed by atoms with Crippen molar-refractivity contribution in [1.82, 2.24) is 10.2 Å². The maximum absolute atomic E-state index is 13.4. The highest BCUT2D eigenvalue weighted by atomic mass is 19.1. The van der Waals surface area contributed by atoms with Crippen LogP contribution in [0.25, 0.3) is 0 Å².